The van der Waals surface area contributed by atoms with Gasteiger partial charge in [-0.3, -0.25) is 14.4 Å². The van der Waals surface area contributed by atoms with E-state index in [1.807, 2.05) is 27.7 Å². The smallest absolute Gasteiger partial charge is 0.306 e. The van der Waals surface area contributed by atoms with Crippen LogP contribution in [0.25, 0.3) is 0 Å². The molecule has 0 amide bonds. The first-order valence-electron chi connectivity index (χ1n) is 13.2. The summed E-state index contributed by atoms with van der Waals surface area (Å²) >= 11 is 0. The molecule has 4 fully saturated rings. The Morgan fingerprint density at radius 3 is 2.53 bits per heavy atom. The van der Waals surface area contributed by atoms with Crippen LogP contribution < -0.4 is 0 Å². The molecule has 9 atom stereocenters. The van der Waals surface area contributed by atoms with Gasteiger partial charge in [-0.1, -0.05) is 34.1 Å². The maximum atomic E-state index is 17.4. The molecular formula is C27H41FO6. The number of carbonyl (C=O) groups is 3. The summed E-state index contributed by atoms with van der Waals surface area (Å²) in [7, 11) is 0. The number of ketones is 2. The molecule has 0 heterocycles. The average Bonchev–Trinajstić information content (AvgIpc) is 3.00. The van der Waals surface area contributed by atoms with Crippen molar-refractivity contribution in [1.29, 1.82) is 0 Å². The highest BCUT2D eigenvalue weighted by Crippen LogP contribution is 2.72. The molecule has 0 aromatic heterocycles. The van der Waals surface area contributed by atoms with Gasteiger partial charge >= 0.3 is 5.97 Å². The Kier molecular flexibility index (Phi) is 6.55. The lowest BCUT2D eigenvalue weighted by molar-refractivity contribution is -0.257. The van der Waals surface area contributed by atoms with Crippen LogP contribution in [0.3, 0.4) is 0 Å². The maximum absolute atomic E-state index is 17.4. The molecule has 0 bridgehead atoms. The van der Waals surface area contributed by atoms with Crippen molar-refractivity contribution in [2.24, 2.45) is 34.5 Å². The Balaban J connectivity index is 1.77. The van der Waals surface area contributed by atoms with Crippen molar-refractivity contribution in [2.45, 2.75) is 109 Å². The minimum absolute atomic E-state index is 0.0158. The second-order valence-electron chi connectivity index (χ2n) is 12.1. The van der Waals surface area contributed by atoms with Crippen LogP contribution in [-0.4, -0.2) is 51.7 Å². The maximum Gasteiger partial charge on any atom is 0.306 e. The number of unbranched alkanes of at least 4 members (excludes halogenated alkanes) is 1. The monoisotopic (exact) mass is 480 g/mol. The lowest BCUT2D eigenvalue weighted by Gasteiger charge is -2.65. The van der Waals surface area contributed by atoms with Crippen LogP contribution >= 0.6 is 0 Å². The average molecular weight is 481 g/mol. The lowest BCUT2D eigenvalue weighted by atomic mass is 9.42. The van der Waals surface area contributed by atoms with Crippen molar-refractivity contribution in [3.05, 3.63) is 0 Å². The largest absolute Gasteiger partial charge is 0.450 e. The second-order valence-corrected chi connectivity index (χ2v) is 12.1. The quantitative estimate of drug-likeness (QED) is 0.559. The number of ether oxygens (including phenoxy) is 1. The molecule has 4 aliphatic carbocycles. The van der Waals surface area contributed by atoms with Gasteiger partial charge in [-0.2, -0.15) is 0 Å². The van der Waals surface area contributed by atoms with Gasteiger partial charge in [0.05, 0.1) is 6.10 Å². The van der Waals surface area contributed by atoms with E-state index in [-0.39, 0.29) is 30.5 Å². The van der Waals surface area contributed by atoms with Crippen molar-refractivity contribution in [1.82, 2.24) is 0 Å². The topological polar surface area (TPSA) is 101 Å². The minimum Gasteiger partial charge on any atom is -0.450 e. The van der Waals surface area contributed by atoms with Crippen LogP contribution in [0, 0.1) is 34.5 Å². The van der Waals surface area contributed by atoms with Gasteiger partial charge in [-0.15, -0.1) is 0 Å². The second kappa shape index (κ2) is 8.65. The Morgan fingerprint density at radius 2 is 1.88 bits per heavy atom. The SMILES string of the molecule is CCCCC(=O)O[C@]1(C(=O)CO)[C@@H](C)C[C@H]2[C@@H]3CC[C@H]4CC(=O)CC[C@]4(C)[C@@]3(F)[C@@H](O)C[C@@]21C. The summed E-state index contributed by atoms with van der Waals surface area (Å²) < 4.78 is 23.4. The predicted octanol–water partition coefficient (Wildman–Crippen LogP) is 3.94. The third-order valence-corrected chi connectivity index (χ3v) is 10.7. The van der Waals surface area contributed by atoms with Gasteiger partial charge in [0.15, 0.2) is 5.60 Å². The summed E-state index contributed by atoms with van der Waals surface area (Å²) in [6, 6.07) is 0. The number of hydrogen-bond donors (Lipinski definition) is 2. The van der Waals surface area contributed by atoms with Gasteiger partial charge in [-0.25, -0.2) is 4.39 Å². The van der Waals surface area contributed by atoms with E-state index in [0.717, 1.165) is 6.42 Å². The summed E-state index contributed by atoms with van der Waals surface area (Å²) in [5.74, 6) is -2.14. The molecule has 6 nitrogen and oxygen atoms in total. The summed E-state index contributed by atoms with van der Waals surface area (Å²) in [5.41, 5.74) is -5.25. The number of esters is 1. The molecule has 34 heavy (non-hydrogen) atoms. The molecule has 4 saturated carbocycles. The first-order valence-corrected chi connectivity index (χ1v) is 13.2. The summed E-state index contributed by atoms with van der Waals surface area (Å²) in [4.78, 5) is 38.3. The lowest BCUT2D eigenvalue weighted by Crippen LogP contribution is -2.71. The van der Waals surface area contributed by atoms with E-state index in [9.17, 15) is 24.6 Å². The fraction of sp³-hybridized carbons (Fsp3) is 0.889. The summed E-state index contributed by atoms with van der Waals surface area (Å²) in [6.07, 6.45) is 3.11. The van der Waals surface area contributed by atoms with Crippen LogP contribution in [0.5, 0.6) is 0 Å². The van der Waals surface area contributed by atoms with Crippen molar-refractivity contribution in [2.75, 3.05) is 6.61 Å². The zero-order chi connectivity index (χ0) is 25.1. The number of hydrogen-bond acceptors (Lipinski definition) is 6. The van der Waals surface area contributed by atoms with Crippen LogP contribution in [0.4, 0.5) is 4.39 Å². The highest BCUT2D eigenvalue weighted by atomic mass is 19.1. The highest BCUT2D eigenvalue weighted by Gasteiger charge is 2.77. The van der Waals surface area contributed by atoms with E-state index >= 15 is 4.39 Å². The number of alkyl halides is 1. The van der Waals surface area contributed by atoms with Crippen molar-refractivity contribution in [3.63, 3.8) is 0 Å². The number of halogens is 1. The first-order chi connectivity index (χ1) is 15.9. The fourth-order valence-corrected chi connectivity index (χ4v) is 8.91. The number of carbonyl (C=O) groups excluding carboxylic acids is 3. The minimum atomic E-state index is -1.87. The number of Topliss-reactive ketones (excluding diaryl/α,β-unsaturated/α-hetero) is 2. The molecule has 0 aromatic carbocycles. The van der Waals surface area contributed by atoms with Gasteiger partial charge in [0.1, 0.15) is 18.1 Å². The zero-order valence-corrected chi connectivity index (χ0v) is 21.1. The van der Waals surface area contributed by atoms with Crippen LogP contribution in [0.1, 0.15) is 91.9 Å². The van der Waals surface area contributed by atoms with E-state index in [2.05, 4.69) is 0 Å². The van der Waals surface area contributed by atoms with E-state index < -0.39 is 58.4 Å². The third-order valence-electron chi connectivity index (χ3n) is 10.7. The van der Waals surface area contributed by atoms with Gasteiger partial charge in [0, 0.05) is 36.0 Å². The third kappa shape index (κ3) is 3.21. The molecule has 4 rings (SSSR count). The molecule has 0 aromatic rings. The molecule has 0 radical (unpaired) electrons. The Bertz CT molecular complexity index is 860. The van der Waals surface area contributed by atoms with Crippen LogP contribution in [0.15, 0.2) is 0 Å². The van der Waals surface area contributed by atoms with Gasteiger partial charge < -0.3 is 14.9 Å². The normalized spacial score (nSPS) is 48.0. The predicted molar refractivity (Wildman–Crippen MR) is 123 cm³/mol. The molecule has 4 aliphatic rings. The number of rotatable bonds is 6. The van der Waals surface area contributed by atoms with Gasteiger partial charge in [0.2, 0.25) is 5.78 Å². The standard InChI is InChI=1S/C27H41FO6/c1-5-6-7-23(33)34-27(22(32)15-29)16(2)12-20-19-9-8-17-13-18(30)10-11-24(17,3)26(19,28)21(31)14-25(20,27)4/h16-17,19-21,29,31H,5-15H2,1-4H3/t16-,17-,19-,20-,21-,24-,25-,26-,27-/m0/s1. The van der Waals surface area contributed by atoms with Gasteiger partial charge in [0.25, 0.3) is 0 Å². The van der Waals surface area contributed by atoms with Crippen LogP contribution in [0.2, 0.25) is 0 Å². The first kappa shape index (κ1) is 25.7. The number of aliphatic hydroxyl groups is 2. The number of aliphatic hydroxyl groups excluding tert-OH is 2. The Morgan fingerprint density at radius 1 is 1.18 bits per heavy atom. The summed E-state index contributed by atoms with van der Waals surface area (Å²) in [6.45, 7) is 6.80. The Labute approximate surface area is 202 Å². The van der Waals surface area contributed by atoms with Crippen molar-refractivity contribution < 1.29 is 33.7 Å². The molecule has 0 aliphatic heterocycles. The number of fused-ring (bicyclic) bond motifs is 5. The molecule has 0 unspecified atom stereocenters. The van der Waals surface area contributed by atoms with E-state index in [1.165, 1.54) is 0 Å². The van der Waals surface area contributed by atoms with Crippen molar-refractivity contribution in [3.8, 4) is 0 Å². The molecule has 0 spiro atoms. The molecule has 192 valence electrons. The summed E-state index contributed by atoms with van der Waals surface area (Å²) in [5, 5.41) is 21.5. The van der Waals surface area contributed by atoms with E-state index in [1.54, 1.807) is 0 Å². The fourth-order valence-electron chi connectivity index (χ4n) is 8.91. The van der Waals surface area contributed by atoms with E-state index in [0.29, 0.717) is 44.9 Å². The Hall–Kier alpha value is -1.34. The zero-order valence-electron chi connectivity index (χ0n) is 21.1. The van der Waals surface area contributed by atoms with Gasteiger partial charge in [-0.05, 0) is 56.3 Å². The molecule has 2 N–H and O–H groups in total. The molecular weight excluding hydrogens is 439 g/mol. The van der Waals surface area contributed by atoms with Crippen molar-refractivity contribution >= 4 is 17.5 Å². The molecule has 7 heteroatoms. The van der Waals surface area contributed by atoms with E-state index in [4.69, 9.17) is 4.74 Å². The van der Waals surface area contributed by atoms with Crippen LogP contribution in [-0.2, 0) is 19.1 Å². The molecule has 0 saturated heterocycles. The highest BCUT2D eigenvalue weighted by molar-refractivity contribution is 5.92.